The fraction of sp³-hybridized carbons (Fsp3) is 0.500. The minimum atomic E-state index is -0.263. The molecule has 1 aliphatic heterocycles. The van der Waals surface area contributed by atoms with Gasteiger partial charge in [-0.2, -0.15) is 0 Å². The number of aliphatic hydroxyl groups is 1. The van der Waals surface area contributed by atoms with Crippen molar-refractivity contribution in [1.82, 2.24) is 4.90 Å². The maximum Gasteiger partial charge on any atom is 0.127 e. The second-order valence-corrected chi connectivity index (χ2v) is 4.31. The molecule has 0 radical (unpaired) electrons. The summed E-state index contributed by atoms with van der Waals surface area (Å²) in [6.07, 6.45) is 0.513. The van der Waals surface area contributed by atoms with E-state index in [4.69, 9.17) is 5.73 Å². The molecule has 1 aromatic carbocycles. The molecular weight excluding hydrogens is 207 g/mol. The van der Waals surface area contributed by atoms with Crippen LogP contribution >= 0.6 is 0 Å². The summed E-state index contributed by atoms with van der Waals surface area (Å²) in [6, 6.07) is 4.97. The van der Waals surface area contributed by atoms with Crippen molar-refractivity contribution < 1.29 is 9.50 Å². The van der Waals surface area contributed by atoms with Crippen molar-refractivity contribution in [3.05, 3.63) is 35.1 Å². The topological polar surface area (TPSA) is 49.5 Å². The van der Waals surface area contributed by atoms with E-state index in [9.17, 15) is 9.50 Å². The number of hydrogen-bond acceptors (Lipinski definition) is 3. The Bertz CT molecular complexity index is 370. The molecular formula is C12H17FN2O. The molecule has 0 aromatic heterocycles. The zero-order chi connectivity index (χ0) is 11.5. The Morgan fingerprint density at radius 2 is 2.31 bits per heavy atom. The lowest BCUT2D eigenvalue weighted by molar-refractivity contribution is 0.174. The highest BCUT2D eigenvalue weighted by molar-refractivity contribution is 5.25. The van der Waals surface area contributed by atoms with E-state index >= 15 is 0 Å². The monoisotopic (exact) mass is 224 g/mol. The van der Waals surface area contributed by atoms with Crippen molar-refractivity contribution >= 4 is 0 Å². The molecule has 1 aromatic rings. The molecule has 3 N–H and O–H groups in total. The number of nitrogens with zero attached hydrogens (tertiary/aromatic N) is 1. The van der Waals surface area contributed by atoms with Crippen molar-refractivity contribution in [3.8, 4) is 0 Å². The van der Waals surface area contributed by atoms with Gasteiger partial charge < -0.3 is 10.8 Å². The lowest BCUT2D eigenvalue weighted by Crippen LogP contribution is -2.22. The molecule has 0 saturated carbocycles. The molecule has 2 rings (SSSR count). The third-order valence-electron chi connectivity index (χ3n) is 2.99. The number of benzene rings is 1. The van der Waals surface area contributed by atoms with Gasteiger partial charge in [-0.15, -0.1) is 0 Å². The highest BCUT2D eigenvalue weighted by Gasteiger charge is 2.20. The molecule has 0 amide bonds. The van der Waals surface area contributed by atoms with Crippen LogP contribution in [0.4, 0.5) is 4.39 Å². The quantitative estimate of drug-likeness (QED) is 0.800. The van der Waals surface area contributed by atoms with Crippen LogP contribution in [0, 0.1) is 5.82 Å². The van der Waals surface area contributed by atoms with E-state index in [0.717, 1.165) is 18.5 Å². The van der Waals surface area contributed by atoms with Crippen molar-refractivity contribution in [2.75, 3.05) is 13.1 Å². The Morgan fingerprint density at radius 3 is 2.94 bits per heavy atom. The molecule has 0 spiro atoms. The highest BCUT2D eigenvalue weighted by Crippen LogP contribution is 2.17. The molecule has 0 aliphatic carbocycles. The third kappa shape index (κ3) is 2.58. The number of nitrogens with two attached hydrogens (primary N) is 1. The van der Waals surface area contributed by atoms with Gasteiger partial charge in [-0.3, -0.25) is 4.90 Å². The van der Waals surface area contributed by atoms with Gasteiger partial charge in [0.1, 0.15) is 5.82 Å². The standard InChI is InChI=1S/C12H17FN2O/c13-12-2-1-9(6-14)5-10(12)7-15-4-3-11(16)8-15/h1-2,5,11,16H,3-4,6-8,14H2. The van der Waals surface area contributed by atoms with E-state index in [0.29, 0.717) is 25.2 Å². The first-order valence-corrected chi connectivity index (χ1v) is 5.57. The van der Waals surface area contributed by atoms with Crippen LogP contribution in [0.3, 0.4) is 0 Å². The van der Waals surface area contributed by atoms with Crippen LogP contribution in [0.1, 0.15) is 17.5 Å². The van der Waals surface area contributed by atoms with Gasteiger partial charge in [-0.1, -0.05) is 12.1 Å². The normalized spacial score (nSPS) is 21.6. The van der Waals surface area contributed by atoms with Gasteiger partial charge in [0.2, 0.25) is 0 Å². The second kappa shape index (κ2) is 4.91. The first kappa shape index (κ1) is 11.5. The van der Waals surface area contributed by atoms with Crippen LogP contribution < -0.4 is 5.73 Å². The van der Waals surface area contributed by atoms with E-state index in [1.54, 1.807) is 12.1 Å². The molecule has 16 heavy (non-hydrogen) atoms. The molecule has 1 saturated heterocycles. The lowest BCUT2D eigenvalue weighted by Gasteiger charge is -2.15. The van der Waals surface area contributed by atoms with Gasteiger partial charge in [0, 0.05) is 31.7 Å². The Balaban J connectivity index is 2.08. The minimum absolute atomic E-state index is 0.196. The van der Waals surface area contributed by atoms with Gasteiger partial charge in [0.05, 0.1) is 6.10 Å². The molecule has 1 heterocycles. The Hall–Kier alpha value is -0.970. The molecule has 1 atom stereocenters. The van der Waals surface area contributed by atoms with Crippen molar-refractivity contribution in [3.63, 3.8) is 0 Å². The fourth-order valence-electron chi connectivity index (χ4n) is 2.07. The first-order chi connectivity index (χ1) is 7.69. The van der Waals surface area contributed by atoms with Gasteiger partial charge >= 0.3 is 0 Å². The summed E-state index contributed by atoms with van der Waals surface area (Å²) in [7, 11) is 0. The summed E-state index contributed by atoms with van der Waals surface area (Å²) in [5, 5.41) is 9.39. The predicted molar refractivity (Wildman–Crippen MR) is 60.2 cm³/mol. The molecule has 0 bridgehead atoms. The molecule has 1 aliphatic rings. The smallest absolute Gasteiger partial charge is 0.127 e. The maximum atomic E-state index is 13.5. The summed E-state index contributed by atoms with van der Waals surface area (Å²) < 4.78 is 13.5. The summed E-state index contributed by atoms with van der Waals surface area (Å²) in [5.41, 5.74) is 7.13. The van der Waals surface area contributed by atoms with Crippen molar-refractivity contribution in [2.24, 2.45) is 5.73 Å². The number of hydrogen-bond donors (Lipinski definition) is 2. The molecule has 3 nitrogen and oxygen atoms in total. The fourth-order valence-corrected chi connectivity index (χ4v) is 2.07. The minimum Gasteiger partial charge on any atom is -0.392 e. The molecule has 4 heteroatoms. The summed E-state index contributed by atoms with van der Waals surface area (Å²) >= 11 is 0. The van der Waals surface area contributed by atoms with Crippen LogP contribution in [0.2, 0.25) is 0 Å². The van der Waals surface area contributed by atoms with Crippen molar-refractivity contribution in [1.29, 1.82) is 0 Å². The number of halogens is 1. The van der Waals surface area contributed by atoms with Gasteiger partial charge in [0.25, 0.3) is 0 Å². The molecule has 1 fully saturated rings. The summed E-state index contributed by atoms with van der Waals surface area (Å²) in [5.74, 6) is -0.196. The maximum absolute atomic E-state index is 13.5. The van der Waals surface area contributed by atoms with Crippen LogP contribution in [0.25, 0.3) is 0 Å². The Kier molecular flexibility index (Phi) is 3.53. The summed E-state index contributed by atoms with van der Waals surface area (Å²) in [6.45, 7) is 2.44. The zero-order valence-corrected chi connectivity index (χ0v) is 9.19. The molecule has 1 unspecified atom stereocenters. The lowest BCUT2D eigenvalue weighted by atomic mass is 10.1. The van der Waals surface area contributed by atoms with Gasteiger partial charge in [0.15, 0.2) is 0 Å². The van der Waals surface area contributed by atoms with Crippen molar-refractivity contribution in [2.45, 2.75) is 25.6 Å². The zero-order valence-electron chi connectivity index (χ0n) is 9.19. The number of likely N-dealkylation sites (tertiary alicyclic amines) is 1. The van der Waals surface area contributed by atoms with E-state index in [2.05, 4.69) is 4.90 Å². The molecule has 88 valence electrons. The van der Waals surface area contributed by atoms with E-state index in [1.807, 2.05) is 0 Å². The third-order valence-corrected chi connectivity index (χ3v) is 2.99. The van der Waals surface area contributed by atoms with Gasteiger partial charge in [-0.25, -0.2) is 4.39 Å². The second-order valence-electron chi connectivity index (χ2n) is 4.31. The van der Waals surface area contributed by atoms with Crippen LogP contribution in [0.15, 0.2) is 18.2 Å². The van der Waals surface area contributed by atoms with E-state index in [1.165, 1.54) is 6.07 Å². The largest absolute Gasteiger partial charge is 0.392 e. The number of aliphatic hydroxyl groups excluding tert-OH is 1. The number of rotatable bonds is 3. The number of β-amino-alcohol motifs (C(OH)–C–C–N with tert-alkyl or cyclic N) is 1. The van der Waals surface area contributed by atoms with E-state index in [-0.39, 0.29) is 11.9 Å². The predicted octanol–water partition coefficient (Wildman–Crippen LogP) is 0.851. The van der Waals surface area contributed by atoms with Gasteiger partial charge in [-0.05, 0) is 18.1 Å². The van der Waals surface area contributed by atoms with E-state index < -0.39 is 0 Å². The average Bonchev–Trinajstić information content (AvgIpc) is 2.67. The SMILES string of the molecule is NCc1ccc(F)c(CN2CCC(O)C2)c1. The Morgan fingerprint density at radius 1 is 1.50 bits per heavy atom. The van der Waals surface area contributed by atoms with Crippen LogP contribution in [0.5, 0.6) is 0 Å². The summed E-state index contributed by atoms with van der Waals surface area (Å²) in [4.78, 5) is 2.06. The Labute approximate surface area is 94.7 Å². The van der Waals surface area contributed by atoms with Crippen LogP contribution in [-0.4, -0.2) is 29.2 Å². The average molecular weight is 224 g/mol. The first-order valence-electron chi connectivity index (χ1n) is 5.57. The highest BCUT2D eigenvalue weighted by atomic mass is 19.1. The van der Waals surface area contributed by atoms with Crippen LogP contribution in [-0.2, 0) is 13.1 Å².